The van der Waals surface area contributed by atoms with E-state index in [2.05, 4.69) is 23.3 Å². The van der Waals surface area contributed by atoms with Gasteiger partial charge in [0.15, 0.2) is 0 Å². The summed E-state index contributed by atoms with van der Waals surface area (Å²) in [7, 11) is 0. The van der Waals surface area contributed by atoms with Crippen LogP contribution in [0.2, 0.25) is 0 Å². The highest BCUT2D eigenvalue weighted by Gasteiger charge is 2.11. The van der Waals surface area contributed by atoms with Gasteiger partial charge in [0.2, 0.25) is 5.91 Å². The molecule has 0 aliphatic heterocycles. The van der Waals surface area contributed by atoms with Crippen molar-refractivity contribution in [1.82, 2.24) is 10.3 Å². The number of hydrogen-bond donors (Lipinski definition) is 2. The van der Waals surface area contributed by atoms with E-state index in [0.717, 1.165) is 22.0 Å². The number of aromatic nitrogens is 1. The van der Waals surface area contributed by atoms with E-state index in [1.54, 1.807) is 0 Å². The highest BCUT2D eigenvalue weighted by molar-refractivity contribution is 5.81. The average molecular weight is 348 g/mol. The Morgan fingerprint density at radius 3 is 2.50 bits per heavy atom. The molecular formula is C22H24N2O2. The van der Waals surface area contributed by atoms with E-state index in [0.29, 0.717) is 12.0 Å². The minimum atomic E-state index is -0.121. The molecule has 0 saturated heterocycles. The van der Waals surface area contributed by atoms with E-state index < -0.39 is 0 Å². The van der Waals surface area contributed by atoms with E-state index in [1.807, 2.05) is 56.3 Å². The van der Waals surface area contributed by atoms with Crippen molar-refractivity contribution < 1.29 is 4.79 Å². The number of carbonyl (C=O) groups excluding carboxylic acids is 1. The van der Waals surface area contributed by atoms with Gasteiger partial charge in [-0.3, -0.25) is 9.59 Å². The van der Waals surface area contributed by atoms with Crippen LogP contribution in [0.4, 0.5) is 0 Å². The van der Waals surface area contributed by atoms with Crippen molar-refractivity contribution in [2.24, 2.45) is 0 Å². The Balaban J connectivity index is 1.69. The number of H-pyrrole nitrogens is 1. The van der Waals surface area contributed by atoms with Crippen LogP contribution in [0.5, 0.6) is 0 Å². The molecule has 2 aromatic carbocycles. The fraction of sp³-hybridized carbons (Fsp3) is 0.273. The molecule has 1 atom stereocenters. The molecule has 0 fully saturated rings. The van der Waals surface area contributed by atoms with Gasteiger partial charge in [-0.2, -0.15) is 0 Å². The monoisotopic (exact) mass is 348 g/mol. The van der Waals surface area contributed by atoms with Gasteiger partial charge in [-0.15, -0.1) is 0 Å². The van der Waals surface area contributed by atoms with E-state index in [9.17, 15) is 9.59 Å². The van der Waals surface area contributed by atoms with Crippen LogP contribution in [0.3, 0.4) is 0 Å². The second-order valence-electron chi connectivity index (χ2n) is 6.85. The zero-order valence-electron chi connectivity index (χ0n) is 15.4. The third-order valence-electron chi connectivity index (χ3n) is 4.83. The number of fused-ring (bicyclic) bond motifs is 1. The number of nitrogens with one attached hydrogen (secondary N) is 2. The predicted octanol–water partition coefficient (Wildman–Crippen LogP) is 3.95. The van der Waals surface area contributed by atoms with Crippen molar-refractivity contribution >= 4 is 16.8 Å². The largest absolute Gasteiger partial charge is 0.350 e. The van der Waals surface area contributed by atoms with E-state index >= 15 is 0 Å². The molecule has 0 radical (unpaired) electrons. The zero-order valence-corrected chi connectivity index (χ0v) is 15.4. The summed E-state index contributed by atoms with van der Waals surface area (Å²) in [6.45, 7) is 6.04. The van der Waals surface area contributed by atoms with Crippen LogP contribution in [0.15, 0.2) is 53.3 Å². The van der Waals surface area contributed by atoms with E-state index in [4.69, 9.17) is 0 Å². The number of carbonyl (C=O) groups is 1. The molecule has 26 heavy (non-hydrogen) atoms. The summed E-state index contributed by atoms with van der Waals surface area (Å²) in [5.41, 5.74) is 4.76. The Labute approximate surface area is 153 Å². The maximum absolute atomic E-state index is 12.3. The lowest BCUT2D eigenvalue weighted by molar-refractivity contribution is -0.121. The van der Waals surface area contributed by atoms with E-state index in [1.165, 1.54) is 5.56 Å². The molecule has 1 amide bonds. The fourth-order valence-electron chi connectivity index (χ4n) is 3.09. The number of amides is 1. The Bertz CT molecular complexity index is 990. The fourth-order valence-corrected chi connectivity index (χ4v) is 3.09. The molecule has 0 spiro atoms. The summed E-state index contributed by atoms with van der Waals surface area (Å²) >= 11 is 0. The third-order valence-corrected chi connectivity index (χ3v) is 4.83. The van der Waals surface area contributed by atoms with Gasteiger partial charge in [-0.25, -0.2) is 0 Å². The molecule has 1 heterocycles. The molecule has 4 nitrogen and oxygen atoms in total. The number of aryl methyl sites for hydroxylation is 3. The molecule has 2 N–H and O–H groups in total. The molecule has 0 aliphatic carbocycles. The normalized spacial score (nSPS) is 12.1. The molecular weight excluding hydrogens is 324 g/mol. The molecule has 3 aromatic rings. The van der Waals surface area contributed by atoms with E-state index in [-0.39, 0.29) is 23.9 Å². The van der Waals surface area contributed by atoms with Crippen molar-refractivity contribution in [3.8, 4) is 0 Å². The van der Waals surface area contributed by atoms with Crippen LogP contribution >= 0.6 is 0 Å². The van der Waals surface area contributed by atoms with Gasteiger partial charge in [0.25, 0.3) is 5.56 Å². The highest BCUT2D eigenvalue weighted by Crippen LogP contribution is 2.18. The van der Waals surface area contributed by atoms with Crippen molar-refractivity contribution in [2.75, 3.05) is 0 Å². The lowest BCUT2D eigenvalue weighted by Gasteiger charge is -2.14. The van der Waals surface area contributed by atoms with Crippen molar-refractivity contribution in [3.05, 3.63) is 81.1 Å². The summed E-state index contributed by atoms with van der Waals surface area (Å²) in [6.07, 6.45) is 0.710. The minimum Gasteiger partial charge on any atom is -0.350 e. The Morgan fingerprint density at radius 1 is 1.08 bits per heavy atom. The molecule has 1 unspecified atom stereocenters. The Morgan fingerprint density at radius 2 is 1.77 bits per heavy atom. The van der Waals surface area contributed by atoms with Gasteiger partial charge in [0, 0.05) is 17.5 Å². The van der Waals surface area contributed by atoms with Crippen molar-refractivity contribution in [2.45, 2.75) is 39.7 Å². The van der Waals surface area contributed by atoms with Crippen LogP contribution in [0, 0.1) is 13.8 Å². The topological polar surface area (TPSA) is 62.0 Å². The third kappa shape index (κ3) is 4.02. The molecule has 0 bridgehead atoms. The summed E-state index contributed by atoms with van der Waals surface area (Å²) in [5.74, 6) is -0.0547. The maximum Gasteiger partial charge on any atom is 0.251 e. The van der Waals surface area contributed by atoms with Gasteiger partial charge in [0.1, 0.15) is 0 Å². The lowest BCUT2D eigenvalue weighted by Crippen LogP contribution is -2.27. The summed E-state index contributed by atoms with van der Waals surface area (Å²) in [6, 6.07) is 15.7. The van der Waals surface area contributed by atoms with Gasteiger partial charge in [-0.05, 0) is 67.5 Å². The summed E-state index contributed by atoms with van der Waals surface area (Å²) in [5, 5.41) is 3.99. The van der Waals surface area contributed by atoms with Gasteiger partial charge >= 0.3 is 0 Å². The first-order valence-corrected chi connectivity index (χ1v) is 8.91. The first kappa shape index (κ1) is 17.9. The molecule has 134 valence electrons. The van der Waals surface area contributed by atoms with Crippen LogP contribution in [-0.4, -0.2) is 10.9 Å². The minimum absolute atomic E-state index is 0.0517. The zero-order chi connectivity index (χ0) is 18.7. The predicted molar refractivity (Wildman–Crippen MR) is 105 cm³/mol. The van der Waals surface area contributed by atoms with Crippen LogP contribution < -0.4 is 10.9 Å². The Kier molecular flexibility index (Phi) is 5.21. The Hall–Kier alpha value is -2.88. The summed E-state index contributed by atoms with van der Waals surface area (Å²) in [4.78, 5) is 27.5. The number of benzene rings is 2. The number of rotatable bonds is 5. The van der Waals surface area contributed by atoms with Crippen LogP contribution in [0.25, 0.3) is 10.9 Å². The molecule has 3 rings (SSSR count). The average Bonchev–Trinajstić information content (AvgIpc) is 2.62. The first-order valence-electron chi connectivity index (χ1n) is 8.91. The van der Waals surface area contributed by atoms with Crippen molar-refractivity contribution in [1.29, 1.82) is 0 Å². The van der Waals surface area contributed by atoms with Gasteiger partial charge in [0.05, 0.1) is 6.04 Å². The number of aromatic amines is 1. The molecule has 0 saturated carbocycles. The molecule has 0 aliphatic rings. The highest BCUT2D eigenvalue weighted by atomic mass is 16.1. The van der Waals surface area contributed by atoms with Gasteiger partial charge < -0.3 is 10.3 Å². The number of pyridine rings is 1. The second kappa shape index (κ2) is 7.56. The molecule has 4 heteroatoms. The quantitative estimate of drug-likeness (QED) is 0.733. The SMILES string of the molecule is Cc1cc2cc(CCC(=O)NC(C)c3ccccc3)c(=O)[nH]c2cc1C. The number of hydrogen-bond acceptors (Lipinski definition) is 2. The summed E-state index contributed by atoms with van der Waals surface area (Å²) < 4.78 is 0. The second-order valence-corrected chi connectivity index (χ2v) is 6.85. The van der Waals surface area contributed by atoms with Crippen LogP contribution in [-0.2, 0) is 11.2 Å². The van der Waals surface area contributed by atoms with Gasteiger partial charge in [-0.1, -0.05) is 30.3 Å². The maximum atomic E-state index is 12.3. The standard InChI is InChI=1S/C22H24N2O2/c1-14-11-19-13-18(22(26)24-20(19)12-15(14)2)9-10-21(25)23-16(3)17-7-5-4-6-8-17/h4-8,11-13,16H,9-10H2,1-3H3,(H,23,25)(H,24,26). The molecule has 1 aromatic heterocycles. The van der Waals surface area contributed by atoms with Crippen LogP contribution in [0.1, 0.15) is 41.6 Å². The van der Waals surface area contributed by atoms with Crippen molar-refractivity contribution in [3.63, 3.8) is 0 Å². The lowest BCUT2D eigenvalue weighted by atomic mass is 10.0. The first-order chi connectivity index (χ1) is 12.4. The smallest absolute Gasteiger partial charge is 0.251 e.